The Bertz CT molecular complexity index is 1340. The summed E-state index contributed by atoms with van der Waals surface area (Å²) in [6.45, 7) is 2.04. The number of carbonyl (C=O) groups is 1. The molecule has 0 atom stereocenters. The first kappa shape index (κ1) is 21.1. The van der Waals surface area contributed by atoms with Crippen LogP contribution < -0.4 is 5.32 Å². The molecule has 0 fully saturated rings. The van der Waals surface area contributed by atoms with E-state index >= 15 is 0 Å². The summed E-state index contributed by atoms with van der Waals surface area (Å²) in [5.41, 5.74) is 4.54. The number of hydrogen-bond donors (Lipinski definition) is 1. The van der Waals surface area contributed by atoms with E-state index < -0.39 is 9.84 Å². The van der Waals surface area contributed by atoms with E-state index in [9.17, 15) is 13.2 Å². The molecule has 0 spiro atoms. The third kappa shape index (κ3) is 4.81. The monoisotopic (exact) mass is 451 g/mol. The predicted octanol–water partition coefficient (Wildman–Crippen LogP) is 4.47. The van der Waals surface area contributed by atoms with Crippen molar-refractivity contribution in [3.05, 3.63) is 78.4 Å². The number of nitrogens with one attached hydrogen (secondary N) is 1. The van der Waals surface area contributed by atoms with Crippen molar-refractivity contribution in [2.45, 2.75) is 17.0 Å². The molecule has 0 unspecified atom stereocenters. The number of rotatable bonds is 6. The highest BCUT2D eigenvalue weighted by Gasteiger charge is 2.15. The third-order valence-electron chi connectivity index (χ3n) is 4.72. The summed E-state index contributed by atoms with van der Waals surface area (Å²) in [5.74, 6) is -0.0251. The van der Waals surface area contributed by atoms with Gasteiger partial charge < -0.3 is 5.32 Å². The van der Waals surface area contributed by atoms with Gasteiger partial charge in [-0.25, -0.2) is 13.4 Å². The van der Waals surface area contributed by atoms with E-state index in [1.54, 1.807) is 12.1 Å². The average molecular weight is 452 g/mol. The van der Waals surface area contributed by atoms with Gasteiger partial charge in [0.05, 0.1) is 21.7 Å². The minimum atomic E-state index is -3.27. The number of aromatic nitrogens is 2. The number of amides is 1. The highest BCUT2D eigenvalue weighted by Crippen LogP contribution is 2.28. The van der Waals surface area contributed by atoms with Crippen LogP contribution in [-0.2, 0) is 14.6 Å². The fourth-order valence-electron chi connectivity index (χ4n) is 3.16. The lowest BCUT2D eigenvalue weighted by Gasteiger charge is -2.10. The van der Waals surface area contributed by atoms with Crippen LogP contribution in [0.1, 0.15) is 5.56 Å². The van der Waals surface area contributed by atoms with Crippen LogP contribution in [0.25, 0.3) is 16.7 Å². The number of hydrogen-bond acceptors (Lipinski definition) is 5. The van der Waals surface area contributed by atoms with Crippen LogP contribution in [-0.4, -0.2) is 35.9 Å². The van der Waals surface area contributed by atoms with Gasteiger partial charge in [-0.3, -0.25) is 9.36 Å². The Balaban J connectivity index is 1.53. The van der Waals surface area contributed by atoms with E-state index in [-0.39, 0.29) is 16.6 Å². The number of imidazole rings is 1. The second-order valence-electron chi connectivity index (χ2n) is 7.19. The lowest BCUT2D eigenvalue weighted by atomic mass is 10.2. The first-order chi connectivity index (χ1) is 14.8. The van der Waals surface area contributed by atoms with Crippen molar-refractivity contribution in [1.29, 1.82) is 0 Å². The largest absolute Gasteiger partial charge is 0.325 e. The molecule has 3 aromatic carbocycles. The zero-order valence-electron chi connectivity index (χ0n) is 17.1. The molecule has 0 aliphatic carbocycles. The Morgan fingerprint density at radius 2 is 1.68 bits per heavy atom. The molecule has 158 valence electrons. The fourth-order valence-corrected chi connectivity index (χ4v) is 4.62. The lowest BCUT2D eigenvalue weighted by molar-refractivity contribution is -0.113. The quantitative estimate of drug-likeness (QED) is 0.438. The van der Waals surface area contributed by atoms with Gasteiger partial charge in [0, 0.05) is 17.6 Å². The maximum absolute atomic E-state index is 12.5. The second kappa shape index (κ2) is 8.56. The van der Waals surface area contributed by atoms with Crippen molar-refractivity contribution in [3.63, 3.8) is 0 Å². The van der Waals surface area contributed by atoms with Gasteiger partial charge in [-0.15, -0.1) is 0 Å². The third-order valence-corrected chi connectivity index (χ3v) is 6.79. The summed E-state index contributed by atoms with van der Waals surface area (Å²) in [5, 5.41) is 3.53. The topological polar surface area (TPSA) is 81.1 Å². The van der Waals surface area contributed by atoms with Gasteiger partial charge in [0.25, 0.3) is 0 Å². The normalized spacial score (nSPS) is 11.5. The number of thioether (sulfide) groups is 1. The molecule has 0 saturated heterocycles. The first-order valence-corrected chi connectivity index (χ1v) is 12.5. The molecule has 0 aliphatic heterocycles. The molecule has 0 aliphatic rings. The average Bonchev–Trinajstić information content (AvgIpc) is 3.11. The Labute approximate surface area is 185 Å². The highest BCUT2D eigenvalue weighted by molar-refractivity contribution is 7.99. The molecule has 1 heterocycles. The summed E-state index contributed by atoms with van der Waals surface area (Å²) in [6.07, 6.45) is 1.15. The zero-order chi connectivity index (χ0) is 22.0. The molecule has 0 bridgehead atoms. The molecule has 4 aromatic rings. The Morgan fingerprint density at radius 1 is 1.00 bits per heavy atom. The van der Waals surface area contributed by atoms with E-state index in [1.807, 2.05) is 60.0 Å². The Morgan fingerprint density at radius 3 is 2.35 bits per heavy atom. The van der Waals surface area contributed by atoms with Gasteiger partial charge >= 0.3 is 0 Å². The van der Waals surface area contributed by atoms with Crippen LogP contribution in [0.3, 0.4) is 0 Å². The van der Waals surface area contributed by atoms with Crippen molar-refractivity contribution < 1.29 is 13.2 Å². The van der Waals surface area contributed by atoms with E-state index in [1.165, 1.54) is 29.5 Å². The van der Waals surface area contributed by atoms with E-state index in [4.69, 9.17) is 4.98 Å². The van der Waals surface area contributed by atoms with Crippen molar-refractivity contribution in [2.24, 2.45) is 0 Å². The van der Waals surface area contributed by atoms with Crippen molar-refractivity contribution in [3.8, 4) is 5.69 Å². The zero-order valence-corrected chi connectivity index (χ0v) is 18.7. The van der Waals surface area contributed by atoms with Gasteiger partial charge in [0.1, 0.15) is 0 Å². The van der Waals surface area contributed by atoms with Crippen LogP contribution in [0.5, 0.6) is 0 Å². The molecule has 1 aromatic heterocycles. The molecule has 8 heteroatoms. The molecule has 1 amide bonds. The SMILES string of the molecule is Cc1ccc(-n2c(SCC(=O)Nc3ccc(S(C)(=O)=O)cc3)nc3ccccc32)cc1. The van der Waals surface area contributed by atoms with Crippen LogP contribution in [0.4, 0.5) is 5.69 Å². The number of aryl methyl sites for hydroxylation is 1. The van der Waals surface area contributed by atoms with Crippen LogP contribution in [0.2, 0.25) is 0 Å². The molecule has 6 nitrogen and oxygen atoms in total. The predicted molar refractivity (Wildman–Crippen MR) is 125 cm³/mol. The number of fused-ring (bicyclic) bond motifs is 1. The number of sulfone groups is 1. The molecule has 0 radical (unpaired) electrons. The summed E-state index contributed by atoms with van der Waals surface area (Å²) >= 11 is 1.35. The van der Waals surface area contributed by atoms with Crippen molar-refractivity contribution in [2.75, 3.05) is 17.3 Å². The van der Waals surface area contributed by atoms with E-state index in [0.29, 0.717) is 5.69 Å². The molecular weight excluding hydrogens is 430 g/mol. The van der Waals surface area contributed by atoms with Crippen molar-refractivity contribution in [1.82, 2.24) is 9.55 Å². The minimum Gasteiger partial charge on any atom is -0.325 e. The number of nitrogens with zero attached hydrogens (tertiary/aromatic N) is 2. The van der Waals surface area contributed by atoms with E-state index in [0.717, 1.165) is 28.1 Å². The second-order valence-corrected chi connectivity index (χ2v) is 10.1. The standard InChI is InChI=1S/C23H21N3O3S2/c1-16-7-11-18(12-8-16)26-21-6-4-3-5-20(21)25-23(26)30-15-22(27)24-17-9-13-19(14-10-17)31(2,28)29/h3-14H,15H2,1-2H3,(H,24,27). The Hall–Kier alpha value is -3.10. The number of benzene rings is 3. The minimum absolute atomic E-state index is 0.170. The fraction of sp³-hybridized carbons (Fsp3) is 0.130. The van der Waals surface area contributed by atoms with Gasteiger partial charge in [0.15, 0.2) is 15.0 Å². The first-order valence-electron chi connectivity index (χ1n) is 9.58. The van der Waals surface area contributed by atoms with Crippen LogP contribution >= 0.6 is 11.8 Å². The maximum Gasteiger partial charge on any atom is 0.234 e. The molecule has 1 N–H and O–H groups in total. The van der Waals surface area contributed by atoms with Crippen molar-refractivity contribution >= 4 is 44.2 Å². The van der Waals surface area contributed by atoms with Gasteiger partial charge in [-0.1, -0.05) is 41.6 Å². The smallest absolute Gasteiger partial charge is 0.234 e. The molecule has 0 saturated carbocycles. The summed E-state index contributed by atoms with van der Waals surface area (Å²) in [6, 6.07) is 22.2. The van der Waals surface area contributed by atoms with Crippen LogP contribution in [0, 0.1) is 6.92 Å². The number of para-hydroxylation sites is 2. The molecule has 4 rings (SSSR count). The molecule has 31 heavy (non-hydrogen) atoms. The number of anilines is 1. The van der Waals surface area contributed by atoms with Gasteiger partial charge in [0.2, 0.25) is 5.91 Å². The van der Waals surface area contributed by atoms with E-state index in [2.05, 4.69) is 5.32 Å². The van der Waals surface area contributed by atoms with Gasteiger partial charge in [-0.2, -0.15) is 0 Å². The summed E-state index contributed by atoms with van der Waals surface area (Å²) < 4.78 is 25.2. The lowest BCUT2D eigenvalue weighted by Crippen LogP contribution is -2.14. The maximum atomic E-state index is 12.5. The summed E-state index contributed by atoms with van der Waals surface area (Å²) in [7, 11) is -3.27. The van der Waals surface area contributed by atoms with Gasteiger partial charge in [-0.05, 0) is 55.5 Å². The summed E-state index contributed by atoms with van der Waals surface area (Å²) in [4.78, 5) is 17.4. The number of carbonyl (C=O) groups excluding carboxylic acids is 1. The van der Waals surface area contributed by atoms with Crippen LogP contribution in [0.15, 0.2) is 82.8 Å². The Kier molecular flexibility index (Phi) is 5.84. The molecular formula is C23H21N3O3S2. The highest BCUT2D eigenvalue weighted by atomic mass is 32.2.